The van der Waals surface area contributed by atoms with Gasteiger partial charge in [-0.15, -0.1) is 0 Å². The van der Waals surface area contributed by atoms with Gasteiger partial charge in [0.1, 0.15) is 12.0 Å². The maximum atomic E-state index is 14.2. The van der Waals surface area contributed by atoms with Gasteiger partial charge >= 0.3 is 0 Å². The summed E-state index contributed by atoms with van der Waals surface area (Å²) in [5, 5.41) is 3.59. The highest BCUT2D eigenvalue weighted by atomic mass is 35.5. The Morgan fingerprint density at radius 2 is 1.97 bits per heavy atom. The molecule has 3 N–H and O–H groups in total. The SMILES string of the molecule is NC(=O)c1ccc(F)c(-c2cnc(NC[C@]3(c4ncccc4Cl)C[C@@H](F)C3)nc2)c1. The van der Waals surface area contributed by atoms with Gasteiger partial charge in [-0.2, -0.15) is 0 Å². The maximum Gasteiger partial charge on any atom is 0.248 e. The maximum absolute atomic E-state index is 14.2. The standard InChI is InChI=1S/C21H18ClF2N5O/c22-16-2-1-5-26-18(16)21(7-14(23)8-21)11-29-20-27-9-13(10-28-20)15-6-12(19(25)30)3-4-17(15)24/h1-6,9-10,14H,7-8,11H2,(H2,25,30)(H,27,28,29)/t14-,21+. The number of hydrogen-bond donors (Lipinski definition) is 2. The third-order valence-electron chi connectivity index (χ3n) is 5.28. The van der Waals surface area contributed by atoms with Crippen LogP contribution < -0.4 is 11.1 Å². The van der Waals surface area contributed by atoms with E-state index in [-0.39, 0.29) is 11.1 Å². The lowest BCUT2D eigenvalue weighted by Gasteiger charge is -2.44. The van der Waals surface area contributed by atoms with Gasteiger partial charge in [0.2, 0.25) is 11.9 Å². The van der Waals surface area contributed by atoms with E-state index in [1.54, 1.807) is 18.3 Å². The molecule has 1 saturated carbocycles. The van der Waals surface area contributed by atoms with Crippen LogP contribution >= 0.6 is 11.6 Å². The Balaban J connectivity index is 1.52. The number of halogens is 3. The number of primary amides is 1. The molecule has 2 aromatic heterocycles. The van der Waals surface area contributed by atoms with Crippen LogP contribution in [0.3, 0.4) is 0 Å². The van der Waals surface area contributed by atoms with E-state index in [4.69, 9.17) is 17.3 Å². The van der Waals surface area contributed by atoms with Crippen molar-refractivity contribution in [1.29, 1.82) is 0 Å². The number of carbonyl (C=O) groups excluding carboxylic acids is 1. The molecule has 0 atom stereocenters. The molecule has 0 unspecified atom stereocenters. The number of alkyl halides is 1. The summed E-state index contributed by atoms with van der Waals surface area (Å²) in [6.07, 6.45) is 4.22. The van der Waals surface area contributed by atoms with E-state index in [1.807, 2.05) is 0 Å². The van der Waals surface area contributed by atoms with E-state index in [1.165, 1.54) is 30.6 Å². The first-order valence-corrected chi connectivity index (χ1v) is 9.66. The number of amides is 1. The number of benzene rings is 1. The Labute approximate surface area is 176 Å². The Hall–Kier alpha value is -3.13. The quantitative estimate of drug-likeness (QED) is 0.619. The van der Waals surface area contributed by atoms with Gasteiger partial charge in [0.25, 0.3) is 0 Å². The van der Waals surface area contributed by atoms with Gasteiger partial charge in [0.05, 0.1) is 10.7 Å². The lowest BCUT2D eigenvalue weighted by Crippen LogP contribution is -2.48. The van der Waals surface area contributed by atoms with Crippen LogP contribution in [0.25, 0.3) is 11.1 Å². The van der Waals surface area contributed by atoms with Gasteiger partial charge < -0.3 is 11.1 Å². The Morgan fingerprint density at radius 1 is 1.23 bits per heavy atom. The van der Waals surface area contributed by atoms with Crippen molar-refractivity contribution in [3.8, 4) is 11.1 Å². The van der Waals surface area contributed by atoms with Crippen LogP contribution in [-0.4, -0.2) is 33.6 Å². The molecule has 30 heavy (non-hydrogen) atoms. The number of aromatic nitrogens is 3. The zero-order chi connectivity index (χ0) is 21.3. The molecular formula is C21H18ClF2N5O. The molecule has 6 nitrogen and oxygen atoms in total. The fourth-order valence-corrected chi connectivity index (χ4v) is 4.01. The summed E-state index contributed by atoms with van der Waals surface area (Å²) in [4.78, 5) is 24.1. The molecule has 1 fully saturated rings. The summed E-state index contributed by atoms with van der Waals surface area (Å²) in [6, 6.07) is 7.31. The van der Waals surface area contributed by atoms with Crippen molar-refractivity contribution < 1.29 is 13.6 Å². The summed E-state index contributed by atoms with van der Waals surface area (Å²) in [5.41, 5.74) is 6.13. The number of nitrogens with one attached hydrogen (secondary N) is 1. The molecule has 1 amide bonds. The predicted molar refractivity (Wildman–Crippen MR) is 109 cm³/mol. The normalized spacial score (nSPS) is 20.4. The lowest BCUT2D eigenvalue weighted by atomic mass is 9.65. The van der Waals surface area contributed by atoms with Crippen molar-refractivity contribution in [2.45, 2.75) is 24.4 Å². The first kappa shape index (κ1) is 20.2. The first-order chi connectivity index (χ1) is 14.4. The van der Waals surface area contributed by atoms with Crippen molar-refractivity contribution in [1.82, 2.24) is 15.0 Å². The lowest BCUT2D eigenvalue weighted by molar-refractivity contribution is 0.0993. The predicted octanol–water partition coefficient (Wildman–Crippen LogP) is 3.91. The Morgan fingerprint density at radius 3 is 2.60 bits per heavy atom. The van der Waals surface area contributed by atoms with Crippen LogP contribution in [0.1, 0.15) is 28.9 Å². The van der Waals surface area contributed by atoms with Gasteiger partial charge in [-0.3, -0.25) is 9.78 Å². The first-order valence-electron chi connectivity index (χ1n) is 9.29. The zero-order valence-corrected chi connectivity index (χ0v) is 16.5. The van der Waals surface area contributed by atoms with E-state index in [0.29, 0.717) is 41.6 Å². The van der Waals surface area contributed by atoms with E-state index < -0.39 is 23.3 Å². The highest BCUT2D eigenvalue weighted by Crippen LogP contribution is 2.46. The zero-order valence-electron chi connectivity index (χ0n) is 15.8. The molecule has 0 saturated heterocycles. The second kappa shape index (κ2) is 7.95. The largest absolute Gasteiger partial charge is 0.366 e. The van der Waals surface area contributed by atoms with Crippen molar-refractivity contribution in [2.75, 3.05) is 11.9 Å². The fraction of sp³-hybridized carbons (Fsp3) is 0.238. The second-order valence-corrected chi connectivity index (χ2v) is 7.73. The molecule has 1 aliphatic carbocycles. The smallest absolute Gasteiger partial charge is 0.248 e. The Kier molecular flexibility index (Phi) is 5.34. The number of rotatable bonds is 6. The van der Waals surface area contributed by atoms with Crippen LogP contribution in [0.15, 0.2) is 48.9 Å². The minimum Gasteiger partial charge on any atom is -0.366 e. The Bertz CT molecular complexity index is 1090. The van der Waals surface area contributed by atoms with Gasteiger partial charge in [0, 0.05) is 47.2 Å². The number of pyridine rings is 1. The monoisotopic (exact) mass is 429 g/mol. The number of nitrogens with zero attached hydrogens (tertiary/aromatic N) is 3. The fourth-order valence-electron chi connectivity index (χ4n) is 3.69. The highest BCUT2D eigenvalue weighted by Gasteiger charge is 2.48. The van der Waals surface area contributed by atoms with Crippen LogP contribution in [0.2, 0.25) is 5.02 Å². The minimum atomic E-state index is -0.909. The molecule has 3 aromatic rings. The van der Waals surface area contributed by atoms with Gasteiger partial charge in [-0.05, 0) is 43.2 Å². The van der Waals surface area contributed by atoms with E-state index in [2.05, 4.69) is 20.3 Å². The molecule has 2 heterocycles. The summed E-state index contributed by atoms with van der Waals surface area (Å²) < 4.78 is 27.9. The second-order valence-electron chi connectivity index (χ2n) is 7.33. The molecule has 154 valence electrons. The number of nitrogens with two attached hydrogens (primary N) is 1. The average molecular weight is 430 g/mol. The molecule has 0 radical (unpaired) electrons. The number of anilines is 1. The van der Waals surface area contributed by atoms with Crippen LogP contribution in [-0.2, 0) is 5.41 Å². The average Bonchev–Trinajstić information content (AvgIpc) is 2.71. The molecule has 1 aliphatic rings. The summed E-state index contributed by atoms with van der Waals surface area (Å²) in [6.45, 7) is 0.356. The molecule has 0 spiro atoms. The topological polar surface area (TPSA) is 93.8 Å². The number of carbonyl (C=O) groups is 1. The summed E-state index contributed by atoms with van der Waals surface area (Å²) >= 11 is 6.28. The van der Waals surface area contributed by atoms with Crippen molar-refractivity contribution in [3.05, 3.63) is 71.0 Å². The summed E-state index contributed by atoms with van der Waals surface area (Å²) in [7, 11) is 0. The third-order valence-corrected chi connectivity index (χ3v) is 5.59. The molecular weight excluding hydrogens is 412 g/mol. The van der Waals surface area contributed by atoms with E-state index in [9.17, 15) is 13.6 Å². The van der Waals surface area contributed by atoms with Crippen molar-refractivity contribution in [2.24, 2.45) is 5.73 Å². The third kappa shape index (κ3) is 3.82. The molecule has 1 aromatic carbocycles. The van der Waals surface area contributed by atoms with E-state index >= 15 is 0 Å². The molecule has 9 heteroatoms. The molecule has 0 bridgehead atoms. The van der Waals surface area contributed by atoms with Crippen LogP contribution in [0.4, 0.5) is 14.7 Å². The summed E-state index contributed by atoms with van der Waals surface area (Å²) in [5.74, 6) is -0.865. The van der Waals surface area contributed by atoms with Crippen molar-refractivity contribution >= 4 is 23.5 Å². The van der Waals surface area contributed by atoms with Gasteiger partial charge in [-0.1, -0.05) is 11.6 Å². The number of hydrogen-bond acceptors (Lipinski definition) is 5. The van der Waals surface area contributed by atoms with Gasteiger partial charge in [-0.25, -0.2) is 18.7 Å². The van der Waals surface area contributed by atoms with E-state index in [0.717, 1.165) is 0 Å². The molecule has 0 aliphatic heterocycles. The minimum absolute atomic E-state index is 0.175. The van der Waals surface area contributed by atoms with Crippen molar-refractivity contribution in [3.63, 3.8) is 0 Å². The van der Waals surface area contributed by atoms with Crippen LogP contribution in [0, 0.1) is 5.82 Å². The van der Waals surface area contributed by atoms with Gasteiger partial charge in [0.15, 0.2) is 0 Å². The molecule has 4 rings (SSSR count). The highest BCUT2D eigenvalue weighted by molar-refractivity contribution is 6.31. The van der Waals surface area contributed by atoms with Crippen LogP contribution in [0.5, 0.6) is 0 Å².